The van der Waals surface area contributed by atoms with Crippen molar-refractivity contribution < 1.29 is 4.76 Å². The van der Waals surface area contributed by atoms with Gasteiger partial charge < -0.3 is 10.3 Å². The van der Waals surface area contributed by atoms with E-state index in [1.165, 1.54) is 0 Å². The third-order valence-corrected chi connectivity index (χ3v) is 4.66. The lowest BCUT2D eigenvalue weighted by Gasteiger charge is -2.42. The second-order valence-electron chi connectivity index (χ2n) is 9.32. The summed E-state index contributed by atoms with van der Waals surface area (Å²) in [6.45, 7) is 11.1. The number of nitrogens with zero attached hydrogens (tertiary/aromatic N) is 4. The summed E-state index contributed by atoms with van der Waals surface area (Å²) in [4.78, 5) is 21.0. The largest absolute Gasteiger partial charge is 0.757 e. The van der Waals surface area contributed by atoms with E-state index in [9.17, 15) is 10.1 Å². The molecule has 0 saturated carbocycles. The van der Waals surface area contributed by atoms with Gasteiger partial charge in [-0.3, -0.25) is 0 Å². The summed E-state index contributed by atoms with van der Waals surface area (Å²) >= 11 is 0. The Morgan fingerprint density at radius 3 is 1.80 bits per heavy atom. The Morgan fingerprint density at radius 2 is 1.37 bits per heavy atom. The van der Waals surface area contributed by atoms with Crippen LogP contribution in [0.4, 0.5) is 11.6 Å². The van der Waals surface area contributed by atoms with Crippen LogP contribution in [0.2, 0.25) is 0 Å². The van der Waals surface area contributed by atoms with Crippen molar-refractivity contribution >= 4 is 11.6 Å². The number of nitroso groups, excluding NO2 is 1. The Hall–Kier alpha value is -3.12. The maximum absolute atomic E-state index is 12.3. The van der Waals surface area contributed by atoms with E-state index in [1.807, 2.05) is 77.9 Å². The van der Waals surface area contributed by atoms with Crippen LogP contribution < -0.4 is 5.06 Å². The highest BCUT2D eigenvalue weighted by Crippen LogP contribution is 2.29. The van der Waals surface area contributed by atoms with Gasteiger partial charge >= 0.3 is 5.82 Å². The average molecular weight is 405 g/mol. The second-order valence-corrected chi connectivity index (χ2v) is 9.32. The molecule has 0 atom stereocenters. The zero-order valence-electron chi connectivity index (χ0n) is 18.4. The lowest BCUT2D eigenvalue weighted by Crippen LogP contribution is -2.37. The molecule has 0 saturated heterocycles. The molecule has 6 nitrogen and oxygen atoms in total. The highest BCUT2D eigenvalue weighted by molar-refractivity contribution is 5.73. The molecule has 0 radical (unpaired) electrons. The average Bonchev–Trinajstić information content (AvgIpc) is 2.71. The van der Waals surface area contributed by atoms with Gasteiger partial charge in [0.15, 0.2) is 0 Å². The molecule has 0 bridgehead atoms. The van der Waals surface area contributed by atoms with Gasteiger partial charge in [-0.15, -0.1) is 0 Å². The predicted molar refractivity (Wildman–Crippen MR) is 122 cm³/mol. The van der Waals surface area contributed by atoms with Gasteiger partial charge in [-0.2, -0.15) is 0 Å². The van der Waals surface area contributed by atoms with E-state index in [0.717, 1.165) is 32.1 Å². The van der Waals surface area contributed by atoms with E-state index in [4.69, 9.17) is 0 Å². The van der Waals surface area contributed by atoms with E-state index in [-0.39, 0.29) is 0 Å². The summed E-state index contributed by atoms with van der Waals surface area (Å²) in [5, 5.41) is 13.2. The van der Waals surface area contributed by atoms with Gasteiger partial charge in [0, 0.05) is 28.9 Å². The van der Waals surface area contributed by atoms with Gasteiger partial charge in [0.25, 0.3) is 0 Å². The van der Waals surface area contributed by atoms with Gasteiger partial charge in [-0.25, -0.2) is 4.98 Å². The number of hydroxylamine groups is 1. The van der Waals surface area contributed by atoms with E-state index >= 15 is 0 Å². The Bertz CT molecular complexity index is 1030. The molecule has 0 amide bonds. The minimum absolute atomic E-state index is 0.392. The van der Waals surface area contributed by atoms with Crippen molar-refractivity contribution in [3.8, 4) is 22.3 Å². The lowest BCUT2D eigenvalue weighted by atomic mass is 10.0. The molecular formula is C24H28N4O2. The molecule has 0 fully saturated rings. The summed E-state index contributed by atoms with van der Waals surface area (Å²) in [5.41, 5.74) is 2.74. The molecule has 0 aliphatic rings. The first-order valence-corrected chi connectivity index (χ1v) is 9.94. The van der Waals surface area contributed by atoms with Crippen LogP contribution >= 0.6 is 0 Å². The summed E-state index contributed by atoms with van der Waals surface area (Å²) in [7, 11) is 0. The Labute approximate surface area is 177 Å². The molecule has 6 heteroatoms. The van der Waals surface area contributed by atoms with Gasteiger partial charge in [0.1, 0.15) is 17.6 Å². The van der Waals surface area contributed by atoms with E-state index in [0.29, 0.717) is 11.6 Å². The highest BCUT2D eigenvalue weighted by Gasteiger charge is 2.28. The Balaban J connectivity index is 1.85. The van der Waals surface area contributed by atoms with Gasteiger partial charge in [-0.05, 0) is 86.7 Å². The predicted octanol–water partition coefficient (Wildman–Crippen LogP) is 6.12. The maximum atomic E-state index is 12.3. The fourth-order valence-electron chi connectivity index (χ4n) is 2.92. The molecule has 2 heterocycles. The van der Waals surface area contributed by atoms with Crippen LogP contribution in [0.15, 0.2) is 60.9 Å². The van der Waals surface area contributed by atoms with Crippen molar-refractivity contribution in [3.05, 3.63) is 71.0 Å². The van der Waals surface area contributed by atoms with E-state index in [1.54, 1.807) is 24.5 Å². The molecule has 30 heavy (non-hydrogen) atoms. The minimum atomic E-state index is -0.541. The molecule has 0 unspecified atom stereocenters. The monoisotopic (exact) mass is 404 g/mol. The van der Waals surface area contributed by atoms with Crippen LogP contribution in [-0.4, -0.2) is 25.8 Å². The standard InChI is InChI=1S/C24H28N4O2/c1-23(2,3)27(29)21-12-10-19(15-25-21)17-8-7-9-18(14-17)20-11-13-22(26-16-20)28(30)24(4,5)6/h7-16H,1-6H3. The summed E-state index contributed by atoms with van der Waals surface area (Å²) in [6, 6.07) is 15.3. The molecule has 0 spiro atoms. The molecule has 3 aromatic rings. The first kappa shape index (κ1) is 21.6. The number of hydrogen-bond acceptors (Lipinski definition) is 5. The topological polar surface area (TPSA) is 72.2 Å². The fraction of sp³-hybridized carbons (Fsp3) is 0.333. The molecule has 3 rings (SSSR count). The van der Waals surface area contributed by atoms with Gasteiger partial charge in [0.05, 0.1) is 0 Å². The first-order chi connectivity index (χ1) is 14.0. The van der Waals surface area contributed by atoms with Gasteiger partial charge in [0.2, 0.25) is 0 Å². The lowest BCUT2D eigenvalue weighted by molar-refractivity contribution is -0.543. The molecule has 156 valence electrons. The number of pyridine rings is 2. The summed E-state index contributed by atoms with van der Waals surface area (Å²) in [5.74, 6) is 0.784. The Morgan fingerprint density at radius 1 is 0.800 bits per heavy atom. The van der Waals surface area contributed by atoms with E-state index in [2.05, 4.69) is 9.97 Å². The molecule has 1 aromatic carbocycles. The quantitative estimate of drug-likeness (QED) is 0.387. The van der Waals surface area contributed by atoms with Crippen LogP contribution in [0.3, 0.4) is 0 Å². The van der Waals surface area contributed by atoms with Crippen molar-refractivity contribution in [1.82, 2.24) is 9.97 Å². The highest BCUT2D eigenvalue weighted by atomic mass is 16.5. The maximum Gasteiger partial charge on any atom is 0.361 e. The zero-order chi connectivity index (χ0) is 22.1. The van der Waals surface area contributed by atoms with Crippen LogP contribution in [-0.2, 0) is 0 Å². The van der Waals surface area contributed by atoms with Crippen molar-refractivity contribution in [2.45, 2.75) is 52.6 Å². The number of hydrogen-bond donors (Lipinski definition) is 0. The van der Waals surface area contributed by atoms with E-state index < -0.39 is 11.1 Å². The van der Waals surface area contributed by atoms with Crippen LogP contribution in [0.5, 0.6) is 0 Å². The SMILES string of the molecule is CC(C)(C)N([O-])c1ccc(-c2cccc(-c3ccc([N+](=O)C(C)(C)C)nc3)c2)cn1. The van der Waals surface area contributed by atoms with Crippen molar-refractivity contribution in [2.24, 2.45) is 0 Å². The van der Waals surface area contributed by atoms with Crippen LogP contribution in [0.25, 0.3) is 22.3 Å². The summed E-state index contributed by atoms with van der Waals surface area (Å²) < 4.78 is 0.914. The zero-order valence-corrected chi connectivity index (χ0v) is 18.4. The summed E-state index contributed by atoms with van der Waals surface area (Å²) in [6.07, 6.45) is 3.43. The number of rotatable bonds is 4. The van der Waals surface area contributed by atoms with Crippen LogP contribution in [0.1, 0.15) is 41.5 Å². The fourth-order valence-corrected chi connectivity index (χ4v) is 2.92. The smallest absolute Gasteiger partial charge is 0.361 e. The van der Waals surface area contributed by atoms with Gasteiger partial charge in [-0.1, -0.05) is 23.1 Å². The number of anilines is 1. The number of benzene rings is 1. The molecule has 0 aliphatic heterocycles. The third-order valence-electron chi connectivity index (χ3n) is 4.66. The van der Waals surface area contributed by atoms with Crippen molar-refractivity contribution in [2.75, 3.05) is 5.06 Å². The van der Waals surface area contributed by atoms with Crippen LogP contribution in [0, 0.1) is 10.1 Å². The second kappa shape index (κ2) is 7.95. The third kappa shape index (κ3) is 4.71. The first-order valence-electron chi connectivity index (χ1n) is 9.94. The molecule has 0 N–H and O–H groups in total. The van der Waals surface area contributed by atoms with Crippen molar-refractivity contribution in [3.63, 3.8) is 0 Å². The normalized spacial score (nSPS) is 12.0. The minimum Gasteiger partial charge on any atom is -0.757 e. The molecular weight excluding hydrogens is 376 g/mol. The molecule has 0 aliphatic carbocycles. The Kier molecular flexibility index (Phi) is 5.72. The molecule has 2 aromatic heterocycles. The van der Waals surface area contributed by atoms with Crippen molar-refractivity contribution in [1.29, 1.82) is 0 Å². The number of aromatic nitrogens is 2.